The molecule has 1 atom stereocenters. The van der Waals surface area contributed by atoms with Gasteiger partial charge < -0.3 is 6.16 Å². The molecule has 35 heavy (non-hydrogen) atoms. The van der Waals surface area contributed by atoms with Crippen LogP contribution in [0.1, 0.15) is 36.3 Å². The van der Waals surface area contributed by atoms with Gasteiger partial charge in [0, 0.05) is 11.5 Å². The number of rotatable bonds is 9. The standard InChI is InChI=1S/C26H26N2O5S.K.H/c1-2-21(26(30)22-11-7-4-8-12-22)15-20-13-14-23(28-17-25(29)27-34(28,31)32)24(16-20)33-18-19-9-5-3-6-10-19;;/h3-14,16,21H,2,15,17-18H2,1H3,(H,27,29);;/q;+1;-1. The quantitative estimate of drug-likeness (QED) is 0.337. The average molecular weight is 519 g/mol. The van der Waals surface area contributed by atoms with E-state index in [1.54, 1.807) is 18.2 Å². The second kappa shape index (κ2) is 12.3. The van der Waals surface area contributed by atoms with Gasteiger partial charge in [-0.3, -0.25) is 9.59 Å². The molecule has 0 spiro atoms. The third-order valence-electron chi connectivity index (χ3n) is 5.75. The third-order valence-corrected chi connectivity index (χ3v) is 7.15. The van der Waals surface area contributed by atoms with E-state index in [-0.39, 0.29) is 83.4 Å². The number of carbonyl (C=O) groups excluding carboxylic acids is 2. The second-order valence-electron chi connectivity index (χ2n) is 8.15. The van der Waals surface area contributed by atoms with Gasteiger partial charge in [-0.2, -0.15) is 8.42 Å². The van der Waals surface area contributed by atoms with Gasteiger partial charge in [0.25, 0.3) is 5.91 Å². The van der Waals surface area contributed by atoms with Crippen LogP contribution < -0.4 is 65.1 Å². The summed E-state index contributed by atoms with van der Waals surface area (Å²) in [4.78, 5) is 24.8. The molecule has 1 unspecified atom stereocenters. The largest absolute Gasteiger partial charge is 1.00 e. The maximum Gasteiger partial charge on any atom is 1.00 e. The number of anilines is 1. The van der Waals surface area contributed by atoms with Gasteiger partial charge in [-0.25, -0.2) is 9.03 Å². The summed E-state index contributed by atoms with van der Waals surface area (Å²) in [5.41, 5.74) is 2.71. The van der Waals surface area contributed by atoms with Crippen LogP contribution in [0.4, 0.5) is 5.69 Å². The van der Waals surface area contributed by atoms with Crippen LogP contribution in [-0.4, -0.2) is 26.7 Å². The van der Waals surface area contributed by atoms with Crippen molar-refractivity contribution in [3.8, 4) is 5.75 Å². The molecule has 1 aliphatic heterocycles. The SMILES string of the molecule is CCC(Cc1ccc(N2CC(=O)NS2(=O)=O)c(OCc2ccccc2)c1)C(=O)c1ccccc1.[H-].[K+]. The molecule has 0 aromatic heterocycles. The Morgan fingerprint density at radius 1 is 1.03 bits per heavy atom. The molecule has 9 heteroatoms. The van der Waals surface area contributed by atoms with E-state index in [0.29, 0.717) is 24.2 Å². The zero-order chi connectivity index (χ0) is 24.1. The monoisotopic (exact) mass is 518 g/mol. The number of nitrogens with zero attached hydrogens (tertiary/aromatic N) is 1. The number of benzene rings is 3. The zero-order valence-corrected chi connectivity index (χ0v) is 23.7. The van der Waals surface area contributed by atoms with E-state index in [9.17, 15) is 18.0 Å². The number of amides is 1. The number of hydrogen-bond donors (Lipinski definition) is 1. The summed E-state index contributed by atoms with van der Waals surface area (Å²) in [7, 11) is -3.99. The Hall–Kier alpha value is -2.01. The molecule has 0 bridgehead atoms. The fourth-order valence-electron chi connectivity index (χ4n) is 3.95. The summed E-state index contributed by atoms with van der Waals surface area (Å²) in [6.45, 7) is 1.89. The van der Waals surface area contributed by atoms with Gasteiger partial charge in [0.05, 0.1) is 5.69 Å². The van der Waals surface area contributed by atoms with Gasteiger partial charge in [0.1, 0.15) is 18.9 Å². The Balaban J connectivity index is 0.00000228. The Morgan fingerprint density at radius 2 is 1.69 bits per heavy atom. The van der Waals surface area contributed by atoms with E-state index in [4.69, 9.17) is 4.74 Å². The molecule has 1 fully saturated rings. The molecular weight excluding hydrogens is 491 g/mol. The van der Waals surface area contributed by atoms with Gasteiger partial charge in [0.15, 0.2) is 5.78 Å². The van der Waals surface area contributed by atoms with Crippen molar-refractivity contribution in [2.24, 2.45) is 5.92 Å². The summed E-state index contributed by atoms with van der Waals surface area (Å²) < 4.78 is 33.9. The van der Waals surface area contributed by atoms with Gasteiger partial charge in [-0.05, 0) is 36.1 Å². The summed E-state index contributed by atoms with van der Waals surface area (Å²) >= 11 is 0. The van der Waals surface area contributed by atoms with E-state index in [2.05, 4.69) is 0 Å². The molecule has 178 valence electrons. The molecule has 0 radical (unpaired) electrons. The van der Waals surface area contributed by atoms with Crippen molar-refractivity contribution in [2.75, 3.05) is 10.8 Å². The minimum absolute atomic E-state index is 0. The van der Waals surface area contributed by atoms with E-state index >= 15 is 0 Å². The Kier molecular flexibility index (Phi) is 9.68. The normalized spacial score (nSPS) is 15.1. The molecule has 1 heterocycles. The molecule has 3 aromatic rings. The predicted octanol–water partition coefficient (Wildman–Crippen LogP) is 1.01. The van der Waals surface area contributed by atoms with Crippen LogP contribution in [-0.2, 0) is 28.0 Å². The van der Waals surface area contributed by atoms with Gasteiger partial charge >= 0.3 is 61.6 Å². The number of ketones is 1. The summed E-state index contributed by atoms with van der Waals surface area (Å²) in [5, 5.41) is 0. The smallest absolute Gasteiger partial charge is 1.00 e. The summed E-state index contributed by atoms with van der Waals surface area (Å²) in [6.07, 6.45) is 1.14. The molecule has 4 rings (SSSR count). The fourth-order valence-corrected chi connectivity index (χ4v) is 5.11. The van der Waals surface area contributed by atoms with Crippen LogP contribution in [0.25, 0.3) is 0 Å². The van der Waals surface area contributed by atoms with Crippen molar-refractivity contribution in [1.82, 2.24) is 4.72 Å². The van der Waals surface area contributed by atoms with Crippen molar-refractivity contribution in [2.45, 2.75) is 26.4 Å². The second-order valence-corrected chi connectivity index (χ2v) is 9.75. The van der Waals surface area contributed by atoms with E-state index in [1.165, 1.54) is 0 Å². The number of nitrogens with one attached hydrogen (secondary N) is 1. The maximum absolute atomic E-state index is 13.0. The maximum atomic E-state index is 13.0. The van der Waals surface area contributed by atoms with Crippen LogP contribution in [0.5, 0.6) is 5.75 Å². The minimum atomic E-state index is -3.99. The Morgan fingerprint density at radius 3 is 2.29 bits per heavy atom. The minimum Gasteiger partial charge on any atom is -1.00 e. The molecule has 0 saturated carbocycles. The average Bonchev–Trinajstić information content (AvgIpc) is 3.13. The number of ether oxygens (including phenoxy) is 1. The predicted molar refractivity (Wildman–Crippen MR) is 131 cm³/mol. The van der Waals surface area contributed by atoms with Crippen LogP contribution in [0.2, 0.25) is 0 Å². The van der Waals surface area contributed by atoms with E-state index in [0.717, 1.165) is 15.4 Å². The first-order valence-corrected chi connectivity index (χ1v) is 12.5. The molecule has 3 aromatic carbocycles. The first-order chi connectivity index (χ1) is 16.4. The van der Waals surface area contributed by atoms with Crippen molar-refractivity contribution < 1.29 is 75.6 Å². The van der Waals surface area contributed by atoms with Gasteiger partial charge in [-0.15, -0.1) is 0 Å². The first kappa shape index (κ1) is 27.6. The number of carbonyl (C=O) groups is 2. The molecule has 1 saturated heterocycles. The summed E-state index contributed by atoms with van der Waals surface area (Å²) in [6, 6.07) is 23.9. The van der Waals surface area contributed by atoms with Crippen LogP contribution in [0, 0.1) is 5.92 Å². The van der Waals surface area contributed by atoms with Crippen molar-refractivity contribution >= 4 is 27.6 Å². The summed E-state index contributed by atoms with van der Waals surface area (Å²) in [5.74, 6) is -0.425. The van der Waals surface area contributed by atoms with Gasteiger partial charge in [0.2, 0.25) is 0 Å². The molecule has 1 amide bonds. The molecule has 7 nitrogen and oxygen atoms in total. The molecule has 0 aliphatic carbocycles. The van der Waals surface area contributed by atoms with Crippen LogP contribution >= 0.6 is 0 Å². The molecular formula is C26H27KN2O5S. The Bertz CT molecular complexity index is 1290. The first-order valence-electron chi connectivity index (χ1n) is 11.1. The molecule has 1 aliphatic rings. The zero-order valence-electron chi connectivity index (χ0n) is 20.8. The Labute approximate surface area is 250 Å². The fraction of sp³-hybridized carbons (Fsp3) is 0.231. The van der Waals surface area contributed by atoms with Crippen molar-refractivity contribution in [1.29, 1.82) is 0 Å². The van der Waals surface area contributed by atoms with Crippen molar-refractivity contribution in [3.05, 3.63) is 95.6 Å². The number of Topliss-reactive ketones (excluding diaryl/α,β-unsaturated/α-hetero) is 1. The topological polar surface area (TPSA) is 92.8 Å². The van der Waals surface area contributed by atoms with E-state index < -0.39 is 16.1 Å². The van der Waals surface area contributed by atoms with Crippen LogP contribution in [0.15, 0.2) is 78.9 Å². The van der Waals surface area contributed by atoms with Gasteiger partial charge in [-0.1, -0.05) is 73.7 Å². The molecule has 1 N–H and O–H groups in total. The third kappa shape index (κ3) is 6.81. The van der Waals surface area contributed by atoms with Crippen molar-refractivity contribution in [3.63, 3.8) is 0 Å². The number of hydrogen-bond acceptors (Lipinski definition) is 5. The van der Waals surface area contributed by atoms with E-state index in [1.807, 2.05) is 72.3 Å². The van der Waals surface area contributed by atoms with Crippen LogP contribution in [0.3, 0.4) is 0 Å².